The minimum absolute atomic E-state index is 0.0112. The van der Waals surface area contributed by atoms with Gasteiger partial charge in [0.15, 0.2) is 0 Å². The normalized spacial score (nSPS) is 22.2. The summed E-state index contributed by atoms with van der Waals surface area (Å²) in [5, 5.41) is 2.69. The summed E-state index contributed by atoms with van der Waals surface area (Å²) >= 11 is 0. The Morgan fingerprint density at radius 1 is 1.57 bits per heavy atom. The Bertz CT molecular complexity index is 457. The molecule has 1 heterocycles. The van der Waals surface area contributed by atoms with Gasteiger partial charge in [-0.2, -0.15) is 0 Å². The zero-order chi connectivity index (χ0) is 15.2. The van der Waals surface area contributed by atoms with E-state index in [9.17, 15) is 9.59 Å². The molecule has 2 aliphatic rings. The highest BCUT2D eigenvalue weighted by molar-refractivity contribution is 5.78. The van der Waals surface area contributed by atoms with Crippen LogP contribution in [-0.2, 0) is 14.3 Å². The van der Waals surface area contributed by atoms with Gasteiger partial charge in [-0.15, -0.1) is 0 Å². The highest BCUT2D eigenvalue weighted by Crippen LogP contribution is 2.16. The number of rotatable bonds is 4. The van der Waals surface area contributed by atoms with Crippen molar-refractivity contribution in [3.63, 3.8) is 0 Å². The molecule has 1 saturated heterocycles. The van der Waals surface area contributed by atoms with Gasteiger partial charge in [0.2, 0.25) is 5.91 Å². The molecule has 0 aromatic carbocycles. The van der Waals surface area contributed by atoms with Crippen LogP contribution in [0.4, 0.5) is 4.79 Å². The monoisotopic (exact) mass is 294 g/mol. The second-order valence-corrected chi connectivity index (χ2v) is 5.58. The predicted molar refractivity (Wildman–Crippen MR) is 77.5 cm³/mol. The van der Waals surface area contributed by atoms with Crippen LogP contribution in [0.3, 0.4) is 0 Å². The second kappa shape index (κ2) is 7.26. The standard InChI is InChI=1S/C15H22N2O4/c1-11(2)9-21-15(19)16-12-3-5-13(6-4-12)17-7-8-20-10-14(17)18/h3-5,11,13H,6-10H2,1-2H3,(H,16,19). The van der Waals surface area contributed by atoms with E-state index in [0.29, 0.717) is 37.8 Å². The van der Waals surface area contributed by atoms with Gasteiger partial charge in [0.25, 0.3) is 0 Å². The van der Waals surface area contributed by atoms with Gasteiger partial charge in [-0.3, -0.25) is 10.1 Å². The molecule has 0 radical (unpaired) electrons. The first-order valence-electron chi connectivity index (χ1n) is 7.25. The van der Waals surface area contributed by atoms with Crippen molar-refractivity contribution in [3.05, 3.63) is 23.9 Å². The molecule has 6 nitrogen and oxygen atoms in total. The quantitative estimate of drug-likeness (QED) is 0.852. The molecule has 1 aliphatic carbocycles. The van der Waals surface area contributed by atoms with Crippen LogP contribution in [0, 0.1) is 5.92 Å². The van der Waals surface area contributed by atoms with Crippen molar-refractivity contribution >= 4 is 12.0 Å². The lowest BCUT2D eigenvalue weighted by Gasteiger charge is -2.33. The molecule has 1 N–H and O–H groups in total. The number of hydrogen-bond acceptors (Lipinski definition) is 4. The highest BCUT2D eigenvalue weighted by Gasteiger charge is 2.25. The summed E-state index contributed by atoms with van der Waals surface area (Å²) in [6, 6.07) is 0.0404. The summed E-state index contributed by atoms with van der Waals surface area (Å²) in [6.45, 7) is 5.70. The third-order valence-corrected chi connectivity index (χ3v) is 3.29. The first kappa shape index (κ1) is 15.6. The summed E-state index contributed by atoms with van der Waals surface area (Å²) in [5.74, 6) is 0.320. The average Bonchev–Trinajstić information content (AvgIpc) is 2.47. The molecule has 2 rings (SSSR count). The number of alkyl carbamates (subject to hydrolysis) is 1. The molecule has 0 bridgehead atoms. The van der Waals surface area contributed by atoms with Crippen LogP contribution in [0.25, 0.3) is 0 Å². The van der Waals surface area contributed by atoms with Crippen LogP contribution in [0.2, 0.25) is 0 Å². The SMILES string of the molecule is CC(C)COC(=O)NC1=CCC(N2CCOCC2=O)C=C1. The van der Waals surface area contributed by atoms with Crippen molar-refractivity contribution in [2.24, 2.45) is 5.92 Å². The maximum Gasteiger partial charge on any atom is 0.411 e. The number of carbonyl (C=O) groups excluding carboxylic acids is 2. The molecule has 1 fully saturated rings. The van der Waals surface area contributed by atoms with E-state index in [1.165, 1.54) is 0 Å². The number of allylic oxidation sites excluding steroid dienone is 1. The smallest absolute Gasteiger partial charge is 0.411 e. The fourth-order valence-electron chi connectivity index (χ4n) is 2.21. The van der Waals surface area contributed by atoms with Gasteiger partial charge in [-0.05, 0) is 18.4 Å². The Morgan fingerprint density at radius 2 is 2.38 bits per heavy atom. The molecule has 0 aromatic rings. The molecule has 0 aromatic heterocycles. The first-order valence-corrected chi connectivity index (χ1v) is 7.25. The fraction of sp³-hybridized carbons (Fsp3) is 0.600. The number of amides is 2. The van der Waals surface area contributed by atoms with Crippen molar-refractivity contribution in [1.82, 2.24) is 10.2 Å². The van der Waals surface area contributed by atoms with Gasteiger partial charge in [0, 0.05) is 12.2 Å². The molecular formula is C15H22N2O4. The maximum absolute atomic E-state index is 11.8. The lowest BCUT2D eigenvalue weighted by Crippen LogP contribution is -2.47. The van der Waals surface area contributed by atoms with E-state index in [-0.39, 0.29) is 18.6 Å². The highest BCUT2D eigenvalue weighted by atomic mass is 16.5. The lowest BCUT2D eigenvalue weighted by atomic mass is 10.0. The Morgan fingerprint density at radius 3 is 3.00 bits per heavy atom. The van der Waals surface area contributed by atoms with Gasteiger partial charge in [0.05, 0.1) is 19.3 Å². The van der Waals surface area contributed by atoms with E-state index in [2.05, 4.69) is 5.32 Å². The summed E-state index contributed by atoms with van der Waals surface area (Å²) in [7, 11) is 0. The number of morpholine rings is 1. The number of carbonyl (C=O) groups is 2. The summed E-state index contributed by atoms with van der Waals surface area (Å²) in [5.41, 5.74) is 0.709. The van der Waals surface area contributed by atoms with Crippen molar-refractivity contribution in [2.45, 2.75) is 26.3 Å². The van der Waals surface area contributed by atoms with Gasteiger partial charge >= 0.3 is 6.09 Å². The van der Waals surface area contributed by atoms with Crippen LogP contribution < -0.4 is 5.32 Å². The van der Waals surface area contributed by atoms with E-state index >= 15 is 0 Å². The zero-order valence-corrected chi connectivity index (χ0v) is 12.5. The topological polar surface area (TPSA) is 67.9 Å². The number of nitrogens with zero attached hydrogens (tertiary/aromatic N) is 1. The van der Waals surface area contributed by atoms with E-state index in [1.54, 1.807) is 0 Å². The molecule has 21 heavy (non-hydrogen) atoms. The molecule has 0 saturated carbocycles. The van der Waals surface area contributed by atoms with Gasteiger partial charge in [0.1, 0.15) is 6.61 Å². The van der Waals surface area contributed by atoms with Crippen molar-refractivity contribution in [3.8, 4) is 0 Å². The van der Waals surface area contributed by atoms with Crippen molar-refractivity contribution < 1.29 is 19.1 Å². The largest absolute Gasteiger partial charge is 0.449 e. The minimum Gasteiger partial charge on any atom is -0.449 e. The molecule has 6 heteroatoms. The average molecular weight is 294 g/mol. The molecule has 0 spiro atoms. The number of nitrogens with one attached hydrogen (secondary N) is 1. The first-order chi connectivity index (χ1) is 10.1. The molecule has 1 unspecified atom stereocenters. The predicted octanol–water partition coefficient (Wildman–Crippen LogP) is 1.44. The minimum atomic E-state index is -0.444. The van der Waals surface area contributed by atoms with Crippen LogP contribution in [0.15, 0.2) is 23.9 Å². The third kappa shape index (κ3) is 4.60. The third-order valence-electron chi connectivity index (χ3n) is 3.29. The zero-order valence-electron chi connectivity index (χ0n) is 12.5. The van der Waals surface area contributed by atoms with Crippen LogP contribution in [0.1, 0.15) is 20.3 Å². The molecule has 1 atom stereocenters. The van der Waals surface area contributed by atoms with Gasteiger partial charge < -0.3 is 14.4 Å². The Hall–Kier alpha value is -1.82. The molecule has 116 valence electrons. The Balaban J connectivity index is 1.81. The van der Waals surface area contributed by atoms with E-state index in [4.69, 9.17) is 9.47 Å². The van der Waals surface area contributed by atoms with Crippen LogP contribution in [0.5, 0.6) is 0 Å². The second-order valence-electron chi connectivity index (χ2n) is 5.58. The van der Waals surface area contributed by atoms with Crippen molar-refractivity contribution in [1.29, 1.82) is 0 Å². The molecular weight excluding hydrogens is 272 g/mol. The van der Waals surface area contributed by atoms with E-state index < -0.39 is 6.09 Å². The van der Waals surface area contributed by atoms with E-state index in [1.807, 2.05) is 37.0 Å². The Labute approximate surface area is 124 Å². The van der Waals surface area contributed by atoms with Crippen LogP contribution >= 0.6 is 0 Å². The summed E-state index contributed by atoms with van der Waals surface area (Å²) < 4.78 is 10.2. The van der Waals surface area contributed by atoms with Crippen LogP contribution in [-0.4, -0.2) is 49.3 Å². The lowest BCUT2D eigenvalue weighted by molar-refractivity contribution is -0.144. The molecule has 1 aliphatic heterocycles. The number of ether oxygens (including phenoxy) is 2. The summed E-state index contributed by atoms with van der Waals surface area (Å²) in [4.78, 5) is 25.1. The fourth-order valence-corrected chi connectivity index (χ4v) is 2.21. The van der Waals surface area contributed by atoms with Gasteiger partial charge in [-0.25, -0.2) is 4.79 Å². The number of hydrogen-bond donors (Lipinski definition) is 1. The summed E-state index contributed by atoms with van der Waals surface area (Å²) in [6.07, 6.45) is 5.89. The van der Waals surface area contributed by atoms with Crippen molar-refractivity contribution in [2.75, 3.05) is 26.4 Å². The Kier molecular flexibility index (Phi) is 5.38. The maximum atomic E-state index is 11.8. The van der Waals surface area contributed by atoms with E-state index in [0.717, 1.165) is 0 Å². The molecule has 2 amide bonds. The van der Waals surface area contributed by atoms with Gasteiger partial charge in [-0.1, -0.05) is 26.0 Å².